The van der Waals surface area contributed by atoms with Crippen molar-refractivity contribution < 1.29 is 4.74 Å². The molecule has 4 nitrogen and oxygen atoms in total. The van der Waals surface area contributed by atoms with Crippen molar-refractivity contribution >= 4 is 17.6 Å². The zero-order chi connectivity index (χ0) is 16.1. The molecule has 23 heavy (non-hydrogen) atoms. The van der Waals surface area contributed by atoms with Gasteiger partial charge in [-0.15, -0.1) is 0 Å². The van der Waals surface area contributed by atoms with Crippen LogP contribution < -0.4 is 15.8 Å². The summed E-state index contributed by atoms with van der Waals surface area (Å²) in [6.07, 6.45) is 2.36. The fourth-order valence-corrected chi connectivity index (χ4v) is 2.41. The average molecular weight is 330 g/mol. The second kappa shape index (κ2) is 7.38. The van der Waals surface area contributed by atoms with Crippen LogP contribution in [0.25, 0.3) is 0 Å². The Balaban J connectivity index is 1.64. The first-order valence-electron chi connectivity index (χ1n) is 7.73. The minimum Gasteiger partial charge on any atom is -0.487 e. The van der Waals surface area contributed by atoms with E-state index in [9.17, 15) is 0 Å². The molecule has 3 N–H and O–H groups in total. The molecule has 0 unspecified atom stereocenters. The Bertz CT molecular complexity index is 698. The number of rotatable bonds is 6. The molecule has 0 bridgehead atoms. The van der Waals surface area contributed by atoms with Gasteiger partial charge < -0.3 is 15.8 Å². The van der Waals surface area contributed by atoms with Crippen molar-refractivity contribution in [2.24, 2.45) is 10.7 Å². The van der Waals surface area contributed by atoms with Gasteiger partial charge in [0.1, 0.15) is 12.4 Å². The van der Waals surface area contributed by atoms with Gasteiger partial charge in [-0.25, -0.2) is 4.99 Å². The molecule has 0 radical (unpaired) electrons. The first kappa shape index (κ1) is 15.7. The van der Waals surface area contributed by atoms with Crippen LogP contribution in [0.4, 0.5) is 0 Å². The monoisotopic (exact) mass is 329 g/mol. The highest BCUT2D eigenvalue weighted by atomic mass is 35.5. The van der Waals surface area contributed by atoms with Gasteiger partial charge in [0, 0.05) is 6.04 Å². The number of guanidine groups is 1. The molecule has 2 aromatic carbocycles. The summed E-state index contributed by atoms with van der Waals surface area (Å²) in [7, 11) is 0. The molecule has 0 spiro atoms. The number of aliphatic imine (C=N–C) groups is 1. The van der Waals surface area contributed by atoms with Crippen LogP contribution in [-0.4, -0.2) is 12.0 Å². The number of nitrogens with two attached hydrogens (primary N) is 1. The predicted molar refractivity (Wildman–Crippen MR) is 93.7 cm³/mol. The standard InChI is InChI=1S/C18H20ClN3O/c19-16-7-3-4-8-17(16)23-12-14-6-2-1-5-13(14)11-21-18(20)22-15-9-10-15/h1-8,15H,9-12H2,(H3,20,21,22). The SMILES string of the molecule is NC(=NCc1ccccc1COc1ccccc1Cl)NC1CC1. The van der Waals surface area contributed by atoms with Crippen LogP contribution in [0.3, 0.4) is 0 Å². The summed E-state index contributed by atoms with van der Waals surface area (Å²) in [5.41, 5.74) is 8.06. The van der Waals surface area contributed by atoms with Gasteiger partial charge in [-0.05, 0) is 36.1 Å². The van der Waals surface area contributed by atoms with Crippen molar-refractivity contribution in [3.63, 3.8) is 0 Å². The van der Waals surface area contributed by atoms with Gasteiger partial charge in [0.15, 0.2) is 5.96 Å². The van der Waals surface area contributed by atoms with E-state index in [0.717, 1.165) is 11.1 Å². The number of para-hydroxylation sites is 1. The molecule has 0 saturated heterocycles. The number of hydrogen-bond donors (Lipinski definition) is 2. The maximum Gasteiger partial charge on any atom is 0.189 e. The van der Waals surface area contributed by atoms with E-state index >= 15 is 0 Å². The van der Waals surface area contributed by atoms with E-state index < -0.39 is 0 Å². The molecule has 2 aromatic rings. The maximum atomic E-state index is 6.12. The maximum absolute atomic E-state index is 6.12. The van der Waals surface area contributed by atoms with Crippen LogP contribution in [0.5, 0.6) is 5.75 Å². The van der Waals surface area contributed by atoms with Crippen LogP contribution in [0.15, 0.2) is 53.5 Å². The number of nitrogens with zero attached hydrogens (tertiary/aromatic N) is 1. The summed E-state index contributed by atoms with van der Waals surface area (Å²) < 4.78 is 5.82. The van der Waals surface area contributed by atoms with Crippen molar-refractivity contribution in [1.82, 2.24) is 5.32 Å². The molecular weight excluding hydrogens is 310 g/mol. The Morgan fingerprint density at radius 1 is 1.13 bits per heavy atom. The summed E-state index contributed by atoms with van der Waals surface area (Å²) in [5.74, 6) is 1.19. The lowest BCUT2D eigenvalue weighted by Gasteiger charge is -2.11. The molecule has 120 valence electrons. The van der Waals surface area contributed by atoms with Crippen molar-refractivity contribution in [3.05, 3.63) is 64.7 Å². The highest BCUT2D eigenvalue weighted by Crippen LogP contribution is 2.24. The summed E-state index contributed by atoms with van der Waals surface area (Å²) in [5, 5.41) is 3.80. The molecule has 1 fully saturated rings. The quantitative estimate of drug-likeness (QED) is 0.630. The highest BCUT2D eigenvalue weighted by molar-refractivity contribution is 6.32. The fraction of sp³-hybridized carbons (Fsp3) is 0.278. The Morgan fingerprint density at radius 3 is 2.57 bits per heavy atom. The van der Waals surface area contributed by atoms with Gasteiger partial charge in [0.05, 0.1) is 11.6 Å². The van der Waals surface area contributed by atoms with Crippen molar-refractivity contribution in [3.8, 4) is 5.75 Å². The zero-order valence-corrected chi connectivity index (χ0v) is 13.6. The normalized spacial score (nSPS) is 14.6. The number of ether oxygens (including phenoxy) is 1. The third-order valence-corrected chi connectivity index (χ3v) is 4.00. The number of halogens is 1. The van der Waals surface area contributed by atoms with Gasteiger partial charge in [-0.3, -0.25) is 0 Å². The smallest absolute Gasteiger partial charge is 0.189 e. The first-order chi connectivity index (χ1) is 11.2. The second-order valence-electron chi connectivity index (χ2n) is 5.61. The van der Waals surface area contributed by atoms with E-state index in [4.69, 9.17) is 22.1 Å². The zero-order valence-electron chi connectivity index (χ0n) is 12.8. The molecule has 1 aliphatic rings. The van der Waals surface area contributed by atoms with Gasteiger partial charge >= 0.3 is 0 Å². The topological polar surface area (TPSA) is 59.6 Å². The van der Waals surface area contributed by atoms with Crippen molar-refractivity contribution in [2.45, 2.75) is 32.0 Å². The van der Waals surface area contributed by atoms with E-state index in [0.29, 0.717) is 35.9 Å². The summed E-state index contributed by atoms with van der Waals surface area (Å²) in [6.45, 7) is 0.985. The summed E-state index contributed by atoms with van der Waals surface area (Å²) >= 11 is 6.12. The molecule has 0 aliphatic heterocycles. The molecule has 0 heterocycles. The highest BCUT2D eigenvalue weighted by Gasteiger charge is 2.21. The largest absolute Gasteiger partial charge is 0.487 e. The number of nitrogens with one attached hydrogen (secondary N) is 1. The Labute approximate surface area is 141 Å². The van der Waals surface area contributed by atoms with Gasteiger partial charge in [-0.2, -0.15) is 0 Å². The van der Waals surface area contributed by atoms with Gasteiger partial charge in [0.2, 0.25) is 0 Å². The molecule has 1 saturated carbocycles. The molecule has 5 heteroatoms. The van der Waals surface area contributed by atoms with E-state index in [1.165, 1.54) is 12.8 Å². The molecule has 0 atom stereocenters. The van der Waals surface area contributed by atoms with E-state index in [1.54, 1.807) is 0 Å². The second-order valence-corrected chi connectivity index (χ2v) is 6.02. The fourth-order valence-electron chi connectivity index (χ4n) is 2.22. The molecule has 3 rings (SSSR count). The van der Waals surface area contributed by atoms with Crippen LogP contribution >= 0.6 is 11.6 Å². The van der Waals surface area contributed by atoms with Gasteiger partial charge in [0.25, 0.3) is 0 Å². The van der Waals surface area contributed by atoms with E-state index in [2.05, 4.69) is 10.3 Å². The molecule has 0 amide bonds. The first-order valence-corrected chi connectivity index (χ1v) is 8.11. The minimum atomic E-state index is 0.450. The Morgan fingerprint density at radius 2 is 1.83 bits per heavy atom. The van der Waals surface area contributed by atoms with E-state index in [1.807, 2.05) is 48.5 Å². The molecule has 0 aromatic heterocycles. The van der Waals surface area contributed by atoms with Crippen LogP contribution in [0, 0.1) is 0 Å². The van der Waals surface area contributed by atoms with Crippen LogP contribution in [-0.2, 0) is 13.2 Å². The summed E-state index contributed by atoms with van der Waals surface area (Å²) in [4.78, 5) is 4.41. The minimum absolute atomic E-state index is 0.450. The summed E-state index contributed by atoms with van der Waals surface area (Å²) in [6, 6.07) is 16.0. The van der Waals surface area contributed by atoms with E-state index in [-0.39, 0.29) is 0 Å². The van der Waals surface area contributed by atoms with Crippen LogP contribution in [0.1, 0.15) is 24.0 Å². The lowest BCUT2D eigenvalue weighted by atomic mass is 10.1. The lowest BCUT2D eigenvalue weighted by molar-refractivity contribution is 0.305. The third-order valence-electron chi connectivity index (χ3n) is 3.69. The average Bonchev–Trinajstić information content (AvgIpc) is 3.37. The van der Waals surface area contributed by atoms with Crippen molar-refractivity contribution in [2.75, 3.05) is 0 Å². The number of hydrogen-bond acceptors (Lipinski definition) is 2. The molecular formula is C18H20ClN3O. The van der Waals surface area contributed by atoms with Crippen LogP contribution in [0.2, 0.25) is 5.02 Å². The molecule has 1 aliphatic carbocycles. The Kier molecular flexibility index (Phi) is 5.03. The third kappa shape index (κ3) is 4.63. The Hall–Kier alpha value is -2.20. The van der Waals surface area contributed by atoms with Gasteiger partial charge in [-0.1, -0.05) is 48.0 Å². The lowest BCUT2D eigenvalue weighted by Crippen LogP contribution is -2.33. The van der Waals surface area contributed by atoms with Crippen molar-refractivity contribution in [1.29, 1.82) is 0 Å². The number of benzene rings is 2. The predicted octanol–water partition coefficient (Wildman–Crippen LogP) is 3.49.